The van der Waals surface area contributed by atoms with E-state index in [9.17, 15) is 9.50 Å². The number of anilines is 1. The average Bonchev–Trinajstić information content (AvgIpc) is 3.02. The molecule has 4 atom stereocenters. The highest BCUT2D eigenvalue weighted by molar-refractivity contribution is 5.81. The van der Waals surface area contributed by atoms with Gasteiger partial charge in [-0.3, -0.25) is 4.57 Å². The van der Waals surface area contributed by atoms with Crippen LogP contribution in [-0.4, -0.2) is 49.5 Å². The highest BCUT2D eigenvalue weighted by Crippen LogP contribution is 2.38. The van der Waals surface area contributed by atoms with Crippen LogP contribution in [0, 0.1) is 6.08 Å². The maximum atomic E-state index is 13.2. The van der Waals surface area contributed by atoms with Crippen LogP contribution in [0.4, 0.5) is 10.2 Å². The van der Waals surface area contributed by atoms with E-state index in [-0.39, 0.29) is 17.6 Å². The highest BCUT2D eigenvalue weighted by atomic mass is 19.1. The number of aliphatic hydroxyl groups excluding tert-OH is 1. The Bertz CT molecular complexity index is 662. The molecule has 2 aliphatic rings. The number of hydrogen-bond donors (Lipinski definition) is 2. The molecule has 2 saturated heterocycles. The first-order valence-electron chi connectivity index (χ1n) is 5.76. The van der Waals surface area contributed by atoms with E-state index < -0.39 is 24.5 Å². The van der Waals surface area contributed by atoms with Gasteiger partial charge in [0.1, 0.15) is 18.3 Å². The van der Waals surface area contributed by atoms with Crippen molar-refractivity contribution < 1.29 is 19.0 Å². The topological polar surface area (TPSA) is 108 Å². The molecule has 0 saturated carbocycles. The predicted molar refractivity (Wildman–Crippen MR) is 59.4 cm³/mol. The van der Waals surface area contributed by atoms with Gasteiger partial charge in [0, 0.05) is 0 Å². The van der Waals surface area contributed by atoms with Crippen LogP contribution in [0.25, 0.3) is 11.2 Å². The standard InChI is InChI=1S/C10H10FN5O3/c11-10-14-7(12)4-8(15-10)16(2-13-4)9-6-5(17)3(19-9)1-18-6/h2-3,5-6,9,17H,1H2,(H2,12,14,15)/t3-,5-,6?,9-/m1/s1. The number of fused-ring (bicyclic) bond motifs is 3. The lowest BCUT2D eigenvalue weighted by molar-refractivity contribution is -0.125. The maximum Gasteiger partial charge on any atom is 0.312 e. The van der Waals surface area contributed by atoms with Crippen molar-refractivity contribution in [2.75, 3.05) is 12.3 Å². The van der Waals surface area contributed by atoms with E-state index in [1.807, 2.05) is 0 Å². The fourth-order valence-corrected chi connectivity index (χ4v) is 2.56. The van der Waals surface area contributed by atoms with Crippen LogP contribution >= 0.6 is 0 Å². The Morgan fingerprint density at radius 3 is 3.00 bits per heavy atom. The minimum Gasteiger partial charge on any atom is -0.387 e. The fraction of sp³-hybridized carbons (Fsp3) is 0.500. The molecule has 2 bridgehead atoms. The fourth-order valence-electron chi connectivity index (χ4n) is 2.56. The molecule has 2 aromatic heterocycles. The van der Waals surface area contributed by atoms with Gasteiger partial charge in [0.2, 0.25) is 0 Å². The van der Waals surface area contributed by atoms with Gasteiger partial charge >= 0.3 is 6.08 Å². The third kappa shape index (κ3) is 1.40. The minimum atomic E-state index is -0.934. The van der Waals surface area contributed by atoms with Gasteiger partial charge in [-0.25, -0.2) is 4.98 Å². The summed E-state index contributed by atoms with van der Waals surface area (Å²) in [5.74, 6) is -0.0362. The molecule has 3 N–H and O–H groups in total. The van der Waals surface area contributed by atoms with Gasteiger partial charge in [0.15, 0.2) is 23.2 Å². The molecule has 0 radical (unpaired) electrons. The number of hydrogen-bond acceptors (Lipinski definition) is 7. The normalized spacial score (nSPS) is 33.4. The summed E-state index contributed by atoms with van der Waals surface area (Å²) in [4.78, 5) is 11.1. The quantitative estimate of drug-likeness (QED) is 0.651. The van der Waals surface area contributed by atoms with E-state index in [0.717, 1.165) is 0 Å². The zero-order chi connectivity index (χ0) is 13.1. The second-order valence-corrected chi connectivity index (χ2v) is 4.56. The van der Waals surface area contributed by atoms with Crippen molar-refractivity contribution in [3.8, 4) is 0 Å². The second-order valence-electron chi connectivity index (χ2n) is 4.56. The number of rotatable bonds is 1. The highest BCUT2D eigenvalue weighted by Gasteiger charge is 2.51. The Morgan fingerprint density at radius 2 is 2.32 bits per heavy atom. The molecule has 19 heavy (non-hydrogen) atoms. The van der Waals surface area contributed by atoms with Crippen LogP contribution in [0.5, 0.6) is 0 Å². The monoisotopic (exact) mass is 267 g/mol. The zero-order valence-corrected chi connectivity index (χ0v) is 9.60. The molecular weight excluding hydrogens is 257 g/mol. The number of nitrogens with two attached hydrogens (primary N) is 1. The Balaban J connectivity index is 1.84. The Hall–Kier alpha value is -1.84. The number of nitrogens with zero attached hydrogens (tertiary/aromatic N) is 4. The number of ether oxygens (including phenoxy) is 2. The lowest BCUT2D eigenvalue weighted by atomic mass is 10.2. The van der Waals surface area contributed by atoms with Crippen LogP contribution in [0.15, 0.2) is 6.33 Å². The van der Waals surface area contributed by atoms with Crippen molar-refractivity contribution in [3.05, 3.63) is 12.4 Å². The molecule has 1 unspecified atom stereocenters. The molecule has 8 nitrogen and oxygen atoms in total. The summed E-state index contributed by atoms with van der Waals surface area (Å²) >= 11 is 0. The molecule has 2 aliphatic heterocycles. The number of imidazole rings is 1. The van der Waals surface area contributed by atoms with Gasteiger partial charge in [-0.15, -0.1) is 0 Å². The molecule has 0 amide bonds. The van der Waals surface area contributed by atoms with Crippen LogP contribution in [-0.2, 0) is 9.47 Å². The summed E-state index contributed by atoms with van der Waals surface area (Å²) in [5, 5.41) is 9.86. The predicted octanol–water partition coefficient (Wildman–Crippen LogP) is -0.795. The van der Waals surface area contributed by atoms with Crippen LogP contribution in [0.3, 0.4) is 0 Å². The van der Waals surface area contributed by atoms with E-state index in [4.69, 9.17) is 15.2 Å². The molecule has 0 aliphatic carbocycles. The maximum absolute atomic E-state index is 13.2. The lowest BCUT2D eigenvalue weighted by Crippen LogP contribution is -2.28. The smallest absolute Gasteiger partial charge is 0.312 e. The summed E-state index contributed by atoms with van der Waals surface area (Å²) < 4.78 is 25.8. The van der Waals surface area contributed by atoms with E-state index in [1.165, 1.54) is 10.9 Å². The van der Waals surface area contributed by atoms with Crippen molar-refractivity contribution in [3.63, 3.8) is 0 Å². The van der Waals surface area contributed by atoms with Gasteiger partial charge in [-0.1, -0.05) is 0 Å². The van der Waals surface area contributed by atoms with E-state index in [1.54, 1.807) is 0 Å². The van der Waals surface area contributed by atoms with E-state index in [2.05, 4.69) is 15.0 Å². The molecular formula is C10H10FN5O3. The van der Waals surface area contributed by atoms with E-state index in [0.29, 0.717) is 12.1 Å². The van der Waals surface area contributed by atoms with Crippen molar-refractivity contribution >= 4 is 17.0 Å². The Morgan fingerprint density at radius 1 is 1.47 bits per heavy atom. The van der Waals surface area contributed by atoms with Crippen LogP contribution in [0.1, 0.15) is 6.23 Å². The molecule has 4 heterocycles. The number of aliphatic hydroxyl groups is 1. The van der Waals surface area contributed by atoms with Gasteiger partial charge in [0.05, 0.1) is 12.9 Å². The molecule has 4 rings (SSSR count). The summed E-state index contributed by atoms with van der Waals surface area (Å²) in [6.07, 6.45) is -1.69. The molecule has 2 fully saturated rings. The summed E-state index contributed by atoms with van der Waals surface area (Å²) in [6, 6.07) is 0. The van der Waals surface area contributed by atoms with Crippen molar-refractivity contribution in [1.82, 2.24) is 19.5 Å². The van der Waals surface area contributed by atoms with Crippen molar-refractivity contribution in [2.45, 2.75) is 24.5 Å². The van der Waals surface area contributed by atoms with Crippen molar-refractivity contribution in [2.24, 2.45) is 0 Å². The third-order valence-corrected chi connectivity index (χ3v) is 3.46. The van der Waals surface area contributed by atoms with E-state index >= 15 is 0 Å². The first kappa shape index (κ1) is 11.0. The van der Waals surface area contributed by atoms with Crippen LogP contribution < -0.4 is 5.73 Å². The molecule has 0 aromatic carbocycles. The molecule has 2 aromatic rings. The lowest BCUT2D eigenvalue weighted by Gasteiger charge is -2.23. The largest absolute Gasteiger partial charge is 0.387 e. The zero-order valence-electron chi connectivity index (χ0n) is 9.60. The van der Waals surface area contributed by atoms with Gasteiger partial charge < -0.3 is 20.3 Å². The molecule has 100 valence electrons. The summed E-state index contributed by atoms with van der Waals surface area (Å²) in [6.45, 7) is 0.348. The van der Waals surface area contributed by atoms with Gasteiger partial charge in [-0.2, -0.15) is 14.4 Å². The van der Waals surface area contributed by atoms with Crippen LogP contribution in [0.2, 0.25) is 0 Å². The minimum absolute atomic E-state index is 0.0362. The first-order valence-corrected chi connectivity index (χ1v) is 5.76. The first-order chi connectivity index (χ1) is 9.15. The summed E-state index contributed by atoms with van der Waals surface area (Å²) in [7, 11) is 0. The average molecular weight is 267 g/mol. The summed E-state index contributed by atoms with van der Waals surface area (Å²) in [5.41, 5.74) is 6.10. The van der Waals surface area contributed by atoms with Crippen molar-refractivity contribution in [1.29, 1.82) is 0 Å². The molecule has 9 heteroatoms. The Kier molecular flexibility index (Phi) is 2.08. The second kappa shape index (κ2) is 3.59. The van der Waals surface area contributed by atoms with Gasteiger partial charge in [0.25, 0.3) is 0 Å². The number of aromatic nitrogens is 4. The van der Waals surface area contributed by atoms with Gasteiger partial charge in [-0.05, 0) is 0 Å². The number of halogens is 1. The molecule has 0 spiro atoms. The SMILES string of the molecule is Nc1nc(F)nc2c1ncn2[C@@H]1O[C@@H]2COC1[C@@H]2O. The third-order valence-electron chi connectivity index (χ3n) is 3.46. The number of nitrogen functional groups attached to an aromatic ring is 1. The Labute approximate surface area is 106 Å².